The lowest BCUT2D eigenvalue weighted by atomic mass is 10.1. The van der Waals surface area contributed by atoms with E-state index in [9.17, 15) is 14.0 Å². The van der Waals surface area contributed by atoms with Crippen LogP contribution in [-0.2, 0) is 4.79 Å². The number of hydrogen-bond acceptors (Lipinski definition) is 2. The molecule has 0 bridgehead atoms. The van der Waals surface area contributed by atoms with Crippen molar-refractivity contribution in [1.29, 1.82) is 0 Å². The molecular formula is C15H11Cl2FN2O2. The zero-order valence-corrected chi connectivity index (χ0v) is 12.9. The van der Waals surface area contributed by atoms with Gasteiger partial charge in [-0.2, -0.15) is 0 Å². The van der Waals surface area contributed by atoms with E-state index in [-0.39, 0.29) is 16.5 Å². The minimum Gasteiger partial charge on any atom is -0.326 e. The highest BCUT2D eigenvalue weighted by Gasteiger charge is 2.14. The van der Waals surface area contributed by atoms with Gasteiger partial charge < -0.3 is 10.6 Å². The Bertz CT molecular complexity index is 750. The third-order valence-corrected chi connectivity index (χ3v) is 3.26. The molecule has 0 radical (unpaired) electrons. The molecule has 114 valence electrons. The lowest BCUT2D eigenvalue weighted by molar-refractivity contribution is -0.114. The van der Waals surface area contributed by atoms with Gasteiger partial charge in [-0.15, -0.1) is 0 Å². The average Bonchev–Trinajstić information content (AvgIpc) is 2.43. The zero-order valence-electron chi connectivity index (χ0n) is 11.4. The molecule has 4 nitrogen and oxygen atoms in total. The van der Waals surface area contributed by atoms with Crippen LogP contribution in [0.4, 0.5) is 15.8 Å². The third kappa shape index (κ3) is 3.96. The summed E-state index contributed by atoms with van der Waals surface area (Å²) in [7, 11) is 0. The summed E-state index contributed by atoms with van der Waals surface area (Å²) < 4.78 is 13.8. The van der Waals surface area contributed by atoms with Crippen molar-refractivity contribution >= 4 is 46.4 Å². The number of carbonyl (C=O) groups excluding carboxylic acids is 2. The standard InChI is InChI=1S/C15H11Cl2FN2O2/c1-8(21)19-10-3-4-13(18)11(7-10)15(22)20-14-5-2-9(16)6-12(14)17/h2-7H,1H3,(H,19,21)(H,20,22). The van der Waals surface area contributed by atoms with E-state index >= 15 is 0 Å². The zero-order chi connectivity index (χ0) is 16.3. The molecule has 2 aromatic carbocycles. The Hall–Kier alpha value is -2.11. The molecule has 0 fully saturated rings. The van der Waals surface area contributed by atoms with Crippen molar-refractivity contribution in [3.8, 4) is 0 Å². The summed E-state index contributed by atoms with van der Waals surface area (Å²) in [4.78, 5) is 23.2. The quantitative estimate of drug-likeness (QED) is 0.872. The first-order chi connectivity index (χ1) is 10.4. The van der Waals surface area contributed by atoms with E-state index in [0.717, 1.165) is 6.07 Å². The third-order valence-electron chi connectivity index (χ3n) is 2.71. The van der Waals surface area contributed by atoms with Gasteiger partial charge in [0.1, 0.15) is 5.82 Å². The molecule has 2 aromatic rings. The highest BCUT2D eigenvalue weighted by molar-refractivity contribution is 6.36. The number of hydrogen-bond donors (Lipinski definition) is 2. The summed E-state index contributed by atoms with van der Waals surface area (Å²) in [6.07, 6.45) is 0. The Kier molecular flexibility index (Phi) is 5.00. The first kappa shape index (κ1) is 16.3. The topological polar surface area (TPSA) is 58.2 Å². The molecule has 0 saturated heterocycles. The summed E-state index contributed by atoms with van der Waals surface area (Å²) in [5, 5.41) is 5.63. The highest BCUT2D eigenvalue weighted by Crippen LogP contribution is 2.26. The second-order valence-corrected chi connectivity index (χ2v) is 5.30. The summed E-state index contributed by atoms with van der Waals surface area (Å²) >= 11 is 11.7. The van der Waals surface area contributed by atoms with Crippen LogP contribution >= 0.6 is 23.2 Å². The molecule has 0 heterocycles. The Morgan fingerprint density at radius 2 is 1.77 bits per heavy atom. The van der Waals surface area contributed by atoms with Gasteiger partial charge in [0.15, 0.2) is 0 Å². The minimum absolute atomic E-state index is 0.211. The lowest BCUT2D eigenvalue weighted by Crippen LogP contribution is -2.15. The van der Waals surface area contributed by atoms with Crippen LogP contribution in [0.5, 0.6) is 0 Å². The van der Waals surface area contributed by atoms with Crippen LogP contribution in [0.3, 0.4) is 0 Å². The van der Waals surface area contributed by atoms with E-state index in [2.05, 4.69) is 10.6 Å². The van der Waals surface area contributed by atoms with Gasteiger partial charge in [-0.3, -0.25) is 9.59 Å². The number of anilines is 2. The fourth-order valence-electron chi connectivity index (χ4n) is 1.76. The largest absolute Gasteiger partial charge is 0.326 e. The van der Waals surface area contributed by atoms with Gasteiger partial charge in [0.25, 0.3) is 5.91 Å². The van der Waals surface area contributed by atoms with Gasteiger partial charge in [-0.05, 0) is 36.4 Å². The van der Waals surface area contributed by atoms with E-state index in [1.165, 1.54) is 31.2 Å². The Morgan fingerprint density at radius 3 is 2.41 bits per heavy atom. The smallest absolute Gasteiger partial charge is 0.258 e. The van der Waals surface area contributed by atoms with Gasteiger partial charge in [-0.25, -0.2) is 4.39 Å². The number of nitrogens with one attached hydrogen (secondary N) is 2. The van der Waals surface area contributed by atoms with Crippen LogP contribution < -0.4 is 10.6 Å². The van der Waals surface area contributed by atoms with E-state index in [0.29, 0.717) is 16.4 Å². The minimum atomic E-state index is -0.711. The summed E-state index contributed by atoms with van der Waals surface area (Å²) in [6, 6.07) is 8.23. The monoisotopic (exact) mass is 340 g/mol. The van der Waals surface area contributed by atoms with Crippen molar-refractivity contribution in [3.63, 3.8) is 0 Å². The van der Waals surface area contributed by atoms with Crippen LogP contribution in [0.15, 0.2) is 36.4 Å². The molecule has 0 spiro atoms. The number of carbonyl (C=O) groups is 2. The summed E-state index contributed by atoms with van der Waals surface area (Å²) in [5.74, 6) is -1.72. The fourth-order valence-corrected chi connectivity index (χ4v) is 2.22. The molecule has 0 atom stereocenters. The van der Waals surface area contributed by atoms with Crippen molar-refractivity contribution in [2.75, 3.05) is 10.6 Å². The second kappa shape index (κ2) is 6.77. The maximum absolute atomic E-state index is 13.8. The molecule has 22 heavy (non-hydrogen) atoms. The molecular weight excluding hydrogens is 330 g/mol. The first-order valence-corrected chi connectivity index (χ1v) is 6.96. The van der Waals surface area contributed by atoms with Gasteiger partial charge in [0.2, 0.25) is 5.91 Å². The van der Waals surface area contributed by atoms with E-state index in [4.69, 9.17) is 23.2 Å². The van der Waals surface area contributed by atoms with Gasteiger partial charge in [0.05, 0.1) is 16.3 Å². The second-order valence-electron chi connectivity index (χ2n) is 4.45. The summed E-state index contributed by atoms with van der Waals surface area (Å²) in [6.45, 7) is 1.32. The number of benzene rings is 2. The van der Waals surface area contributed by atoms with Gasteiger partial charge in [-0.1, -0.05) is 23.2 Å². The van der Waals surface area contributed by atoms with E-state index < -0.39 is 11.7 Å². The lowest BCUT2D eigenvalue weighted by Gasteiger charge is -2.10. The van der Waals surface area contributed by atoms with Crippen molar-refractivity contribution in [2.45, 2.75) is 6.92 Å². The molecule has 2 N–H and O–H groups in total. The molecule has 0 aromatic heterocycles. The number of halogens is 3. The molecule has 0 aliphatic carbocycles. The Morgan fingerprint density at radius 1 is 1.05 bits per heavy atom. The molecule has 0 saturated carbocycles. The fraction of sp³-hybridized carbons (Fsp3) is 0.0667. The van der Waals surface area contributed by atoms with Crippen LogP contribution in [-0.4, -0.2) is 11.8 Å². The van der Waals surface area contributed by atoms with Crippen molar-refractivity contribution < 1.29 is 14.0 Å². The van der Waals surface area contributed by atoms with Crippen molar-refractivity contribution in [3.05, 3.63) is 57.8 Å². The predicted molar refractivity (Wildman–Crippen MR) is 85.1 cm³/mol. The van der Waals surface area contributed by atoms with E-state index in [1.807, 2.05) is 0 Å². The van der Waals surface area contributed by atoms with Crippen LogP contribution in [0.2, 0.25) is 10.0 Å². The molecule has 7 heteroatoms. The van der Waals surface area contributed by atoms with Crippen LogP contribution in [0.1, 0.15) is 17.3 Å². The molecule has 2 rings (SSSR count). The molecule has 0 aliphatic rings. The molecule has 2 amide bonds. The molecule has 0 aliphatic heterocycles. The predicted octanol–water partition coefficient (Wildman–Crippen LogP) is 4.34. The molecule has 0 unspecified atom stereocenters. The van der Waals surface area contributed by atoms with Crippen molar-refractivity contribution in [1.82, 2.24) is 0 Å². The SMILES string of the molecule is CC(=O)Nc1ccc(F)c(C(=O)Nc2ccc(Cl)cc2Cl)c1. The number of amides is 2. The van der Waals surface area contributed by atoms with Crippen molar-refractivity contribution in [2.24, 2.45) is 0 Å². The van der Waals surface area contributed by atoms with Crippen LogP contribution in [0.25, 0.3) is 0 Å². The van der Waals surface area contributed by atoms with Gasteiger partial charge in [0, 0.05) is 17.6 Å². The van der Waals surface area contributed by atoms with Crippen LogP contribution in [0, 0.1) is 5.82 Å². The van der Waals surface area contributed by atoms with E-state index in [1.54, 1.807) is 6.07 Å². The Labute approximate surface area is 136 Å². The maximum Gasteiger partial charge on any atom is 0.258 e. The summed E-state index contributed by atoms with van der Waals surface area (Å²) in [5.41, 5.74) is 0.416. The first-order valence-electron chi connectivity index (χ1n) is 6.20. The average molecular weight is 341 g/mol. The Balaban J connectivity index is 2.26. The number of rotatable bonds is 3. The highest BCUT2D eigenvalue weighted by atomic mass is 35.5. The normalized spacial score (nSPS) is 10.2. The maximum atomic E-state index is 13.8. The van der Waals surface area contributed by atoms with Gasteiger partial charge >= 0.3 is 0 Å².